The van der Waals surface area contributed by atoms with E-state index in [0.29, 0.717) is 32.8 Å². The molecule has 0 aliphatic rings. The second kappa shape index (κ2) is 7.70. The third-order valence-corrected chi connectivity index (χ3v) is 6.90. The van der Waals surface area contributed by atoms with Gasteiger partial charge < -0.3 is 4.74 Å². The van der Waals surface area contributed by atoms with Crippen molar-refractivity contribution in [3.63, 3.8) is 0 Å². The number of rotatable bonds is 4. The van der Waals surface area contributed by atoms with E-state index in [9.17, 15) is 12.8 Å². The largest absolute Gasteiger partial charge is 0.497 e. The minimum atomic E-state index is -3.95. The SMILES string of the molecule is COc1cccc(-c2cc(S(=O)(=O)c3ccc(C)c(Cl)c3)nc3ccc(F)cc23)c1. The molecule has 0 aliphatic carbocycles. The first kappa shape index (κ1) is 20.3. The molecule has 1 heterocycles. The summed E-state index contributed by atoms with van der Waals surface area (Å²) < 4.78 is 45.8. The monoisotopic (exact) mass is 441 g/mol. The Balaban J connectivity index is 2.00. The Morgan fingerprint density at radius 3 is 2.53 bits per heavy atom. The summed E-state index contributed by atoms with van der Waals surface area (Å²) in [6.07, 6.45) is 0. The summed E-state index contributed by atoms with van der Waals surface area (Å²) >= 11 is 6.14. The maximum absolute atomic E-state index is 14.0. The molecule has 0 atom stereocenters. The Morgan fingerprint density at radius 2 is 1.80 bits per heavy atom. The lowest BCUT2D eigenvalue weighted by molar-refractivity contribution is 0.415. The van der Waals surface area contributed by atoms with E-state index in [0.717, 1.165) is 5.56 Å². The fourth-order valence-corrected chi connectivity index (χ4v) is 4.70. The molecular weight excluding hydrogens is 425 g/mol. The summed E-state index contributed by atoms with van der Waals surface area (Å²) in [5.41, 5.74) is 2.36. The Hall–Kier alpha value is -2.96. The number of aromatic nitrogens is 1. The molecule has 3 aromatic carbocycles. The number of ether oxygens (including phenoxy) is 1. The van der Waals surface area contributed by atoms with Crippen LogP contribution in [0.1, 0.15) is 5.56 Å². The summed E-state index contributed by atoms with van der Waals surface area (Å²) in [5, 5.41) is 0.718. The lowest BCUT2D eigenvalue weighted by Crippen LogP contribution is -2.06. The van der Waals surface area contributed by atoms with Crippen LogP contribution in [0.5, 0.6) is 5.75 Å². The topological polar surface area (TPSA) is 56.3 Å². The predicted molar refractivity (Wildman–Crippen MR) is 115 cm³/mol. The quantitative estimate of drug-likeness (QED) is 0.399. The Labute approximate surface area is 178 Å². The number of methoxy groups -OCH3 is 1. The van der Waals surface area contributed by atoms with Crippen molar-refractivity contribution in [1.82, 2.24) is 4.98 Å². The van der Waals surface area contributed by atoms with Crippen molar-refractivity contribution in [2.24, 2.45) is 0 Å². The summed E-state index contributed by atoms with van der Waals surface area (Å²) in [6, 6.07) is 17.2. The van der Waals surface area contributed by atoms with Gasteiger partial charge in [0.15, 0.2) is 5.03 Å². The number of halogens is 2. The summed E-state index contributed by atoms with van der Waals surface area (Å²) in [7, 11) is -2.40. The van der Waals surface area contributed by atoms with E-state index in [4.69, 9.17) is 16.3 Å². The van der Waals surface area contributed by atoms with Crippen molar-refractivity contribution in [2.75, 3.05) is 7.11 Å². The summed E-state index contributed by atoms with van der Waals surface area (Å²) in [4.78, 5) is 4.36. The van der Waals surface area contributed by atoms with E-state index < -0.39 is 15.7 Å². The second-order valence-corrected chi connectivity index (χ2v) is 9.12. The molecule has 30 heavy (non-hydrogen) atoms. The van der Waals surface area contributed by atoms with Crippen LogP contribution in [0.4, 0.5) is 4.39 Å². The highest BCUT2D eigenvalue weighted by atomic mass is 35.5. The van der Waals surface area contributed by atoms with Gasteiger partial charge in [-0.2, -0.15) is 0 Å². The fourth-order valence-electron chi connectivity index (χ4n) is 3.20. The zero-order chi connectivity index (χ0) is 21.5. The lowest BCUT2D eigenvalue weighted by Gasteiger charge is -2.12. The lowest BCUT2D eigenvalue weighted by atomic mass is 10.0. The predicted octanol–water partition coefficient (Wildman–Crippen LogP) is 5.84. The van der Waals surface area contributed by atoms with Crippen LogP contribution in [0.2, 0.25) is 5.02 Å². The molecule has 1 aromatic heterocycles. The molecule has 0 saturated carbocycles. The van der Waals surface area contributed by atoms with E-state index >= 15 is 0 Å². The number of fused-ring (bicyclic) bond motifs is 1. The number of hydrogen-bond acceptors (Lipinski definition) is 4. The van der Waals surface area contributed by atoms with Gasteiger partial charge in [0, 0.05) is 10.4 Å². The van der Waals surface area contributed by atoms with Crippen LogP contribution >= 0.6 is 11.6 Å². The third kappa shape index (κ3) is 3.64. The summed E-state index contributed by atoms with van der Waals surface area (Å²) in [6.45, 7) is 1.79. The fraction of sp³-hybridized carbons (Fsp3) is 0.0870. The standard InChI is InChI=1S/C23H17ClFNO3S/c1-14-6-8-18(12-21(14)24)30(27,28)23-13-19(15-4-3-5-17(10-15)29-2)20-11-16(25)7-9-22(20)26-23/h3-13H,1-2H3. The van der Waals surface area contributed by atoms with Crippen molar-refractivity contribution >= 4 is 32.3 Å². The van der Waals surface area contributed by atoms with E-state index in [1.165, 1.54) is 36.4 Å². The molecule has 152 valence electrons. The molecule has 0 N–H and O–H groups in total. The maximum atomic E-state index is 14.0. The minimum Gasteiger partial charge on any atom is -0.497 e. The number of benzene rings is 3. The first-order chi connectivity index (χ1) is 14.3. The van der Waals surface area contributed by atoms with E-state index in [1.807, 2.05) is 0 Å². The highest BCUT2D eigenvalue weighted by molar-refractivity contribution is 7.91. The van der Waals surface area contributed by atoms with Gasteiger partial charge >= 0.3 is 0 Å². The molecule has 7 heteroatoms. The van der Waals surface area contributed by atoms with Gasteiger partial charge in [0.05, 0.1) is 17.5 Å². The number of pyridine rings is 1. The van der Waals surface area contributed by atoms with E-state index in [2.05, 4.69) is 4.98 Å². The highest BCUT2D eigenvalue weighted by Crippen LogP contribution is 2.34. The first-order valence-corrected chi connectivity index (χ1v) is 10.9. The van der Waals surface area contributed by atoms with Crippen molar-refractivity contribution in [3.05, 3.63) is 83.1 Å². The Kier molecular flexibility index (Phi) is 5.22. The van der Waals surface area contributed by atoms with Crippen LogP contribution in [0.15, 0.2) is 76.7 Å². The van der Waals surface area contributed by atoms with Crippen LogP contribution in [-0.2, 0) is 9.84 Å². The molecular formula is C23H17ClFNO3S. The van der Waals surface area contributed by atoms with Gasteiger partial charge in [0.1, 0.15) is 11.6 Å². The average molecular weight is 442 g/mol. The van der Waals surface area contributed by atoms with Crippen LogP contribution < -0.4 is 4.74 Å². The molecule has 0 radical (unpaired) electrons. The average Bonchev–Trinajstić information content (AvgIpc) is 2.74. The van der Waals surface area contributed by atoms with E-state index in [1.54, 1.807) is 44.4 Å². The molecule has 0 saturated heterocycles. The van der Waals surface area contributed by atoms with Gasteiger partial charge in [-0.3, -0.25) is 0 Å². The van der Waals surface area contributed by atoms with Gasteiger partial charge in [0.2, 0.25) is 9.84 Å². The van der Waals surface area contributed by atoms with Crippen LogP contribution in [0.25, 0.3) is 22.0 Å². The van der Waals surface area contributed by atoms with Gasteiger partial charge in [-0.15, -0.1) is 0 Å². The van der Waals surface area contributed by atoms with Gasteiger partial charge in [0.25, 0.3) is 0 Å². The van der Waals surface area contributed by atoms with Crippen LogP contribution in [0, 0.1) is 12.7 Å². The van der Waals surface area contributed by atoms with Crippen LogP contribution in [-0.4, -0.2) is 20.5 Å². The van der Waals surface area contributed by atoms with Crippen LogP contribution in [0.3, 0.4) is 0 Å². The molecule has 0 spiro atoms. The Morgan fingerprint density at radius 1 is 1.00 bits per heavy atom. The highest BCUT2D eigenvalue weighted by Gasteiger charge is 2.23. The van der Waals surface area contributed by atoms with Crippen molar-refractivity contribution in [3.8, 4) is 16.9 Å². The molecule has 0 amide bonds. The molecule has 0 aliphatic heterocycles. The molecule has 0 fully saturated rings. The van der Waals surface area contributed by atoms with Gasteiger partial charge in [-0.25, -0.2) is 17.8 Å². The zero-order valence-corrected chi connectivity index (χ0v) is 17.8. The number of hydrogen-bond donors (Lipinski definition) is 0. The summed E-state index contributed by atoms with van der Waals surface area (Å²) in [5.74, 6) is 0.165. The second-order valence-electron chi connectivity index (χ2n) is 6.82. The minimum absolute atomic E-state index is 0.0450. The molecule has 0 unspecified atom stereocenters. The van der Waals surface area contributed by atoms with E-state index in [-0.39, 0.29) is 9.92 Å². The zero-order valence-electron chi connectivity index (χ0n) is 16.2. The van der Waals surface area contributed by atoms with Gasteiger partial charge in [-0.1, -0.05) is 29.8 Å². The molecule has 4 nitrogen and oxygen atoms in total. The van der Waals surface area contributed by atoms with Gasteiger partial charge in [-0.05, 0) is 72.1 Å². The Bertz CT molecular complexity index is 1390. The van der Waals surface area contributed by atoms with Crippen molar-refractivity contribution in [1.29, 1.82) is 0 Å². The molecule has 4 aromatic rings. The normalized spacial score (nSPS) is 11.6. The number of nitrogens with zero attached hydrogens (tertiary/aromatic N) is 1. The third-order valence-electron chi connectivity index (χ3n) is 4.86. The maximum Gasteiger partial charge on any atom is 0.223 e. The molecule has 4 rings (SSSR count). The van der Waals surface area contributed by atoms with Crippen molar-refractivity contribution < 1.29 is 17.5 Å². The smallest absolute Gasteiger partial charge is 0.223 e. The first-order valence-electron chi connectivity index (χ1n) is 9.05. The van der Waals surface area contributed by atoms with Crippen molar-refractivity contribution in [2.45, 2.75) is 16.8 Å². The molecule has 0 bridgehead atoms. The number of aryl methyl sites for hydroxylation is 1. The number of sulfone groups is 1.